The zero-order chi connectivity index (χ0) is 16.8. The second-order valence-electron chi connectivity index (χ2n) is 6.27. The first kappa shape index (κ1) is 20.5. The van der Waals surface area contributed by atoms with Gasteiger partial charge in [0.2, 0.25) is 0 Å². The van der Waals surface area contributed by atoms with Gasteiger partial charge < -0.3 is 20.1 Å². The van der Waals surface area contributed by atoms with Crippen LogP contribution in [0.2, 0.25) is 0 Å². The van der Waals surface area contributed by atoms with Crippen LogP contribution in [0, 0.1) is 0 Å². The fraction of sp³-hybridized carbons (Fsp3) is 0.611. The van der Waals surface area contributed by atoms with Crippen molar-refractivity contribution in [2.24, 2.45) is 4.99 Å². The van der Waals surface area contributed by atoms with Crippen LogP contribution < -0.4 is 20.1 Å². The van der Waals surface area contributed by atoms with Gasteiger partial charge in [-0.1, -0.05) is 6.07 Å². The predicted octanol–water partition coefficient (Wildman–Crippen LogP) is 3.42. The van der Waals surface area contributed by atoms with Crippen molar-refractivity contribution in [3.05, 3.63) is 23.8 Å². The third kappa shape index (κ3) is 5.84. The molecule has 0 radical (unpaired) electrons. The number of rotatable bonds is 4. The smallest absolute Gasteiger partial charge is 0.191 e. The Balaban J connectivity index is 0.00000225. The van der Waals surface area contributed by atoms with E-state index in [-0.39, 0.29) is 24.0 Å². The molecule has 0 spiro atoms. The largest absolute Gasteiger partial charge is 0.490 e. The van der Waals surface area contributed by atoms with Gasteiger partial charge >= 0.3 is 0 Å². The molecule has 25 heavy (non-hydrogen) atoms. The number of ether oxygens (including phenoxy) is 2. The van der Waals surface area contributed by atoms with Gasteiger partial charge in [0.1, 0.15) is 0 Å². The summed E-state index contributed by atoms with van der Waals surface area (Å²) in [6.07, 6.45) is 6.85. The van der Waals surface area contributed by atoms with E-state index < -0.39 is 0 Å². The molecule has 2 unspecified atom stereocenters. The second-order valence-corrected chi connectivity index (χ2v) is 7.41. The van der Waals surface area contributed by atoms with Crippen LogP contribution in [0.25, 0.3) is 0 Å². The van der Waals surface area contributed by atoms with Crippen molar-refractivity contribution in [2.75, 3.05) is 26.5 Å². The van der Waals surface area contributed by atoms with Crippen LogP contribution >= 0.6 is 35.7 Å². The molecule has 0 amide bonds. The molecule has 0 saturated heterocycles. The third-order valence-electron chi connectivity index (χ3n) is 4.55. The fourth-order valence-corrected chi connectivity index (χ4v) is 3.97. The Kier molecular flexibility index (Phi) is 8.48. The maximum atomic E-state index is 5.75. The van der Waals surface area contributed by atoms with E-state index in [1.165, 1.54) is 19.3 Å². The molecule has 2 atom stereocenters. The summed E-state index contributed by atoms with van der Waals surface area (Å²) >= 11 is 1.97. The first-order valence-corrected chi connectivity index (χ1v) is 9.96. The van der Waals surface area contributed by atoms with Gasteiger partial charge in [-0.05, 0) is 43.2 Å². The maximum absolute atomic E-state index is 5.75. The Labute approximate surface area is 171 Å². The Bertz CT molecular complexity index is 585. The van der Waals surface area contributed by atoms with E-state index in [4.69, 9.17) is 9.47 Å². The van der Waals surface area contributed by atoms with Gasteiger partial charge in [0.15, 0.2) is 17.5 Å². The summed E-state index contributed by atoms with van der Waals surface area (Å²) in [5, 5.41) is 7.73. The lowest BCUT2D eigenvalue weighted by Gasteiger charge is -2.17. The van der Waals surface area contributed by atoms with Crippen LogP contribution in [-0.2, 0) is 6.54 Å². The quantitative estimate of drug-likeness (QED) is 0.396. The van der Waals surface area contributed by atoms with Crippen molar-refractivity contribution in [1.82, 2.24) is 10.6 Å². The van der Waals surface area contributed by atoms with Crippen molar-refractivity contribution in [2.45, 2.75) is 43.5 Å². The summed E-state index contributed by atoms with van der Waals surface area (Å²) in [5.41, 5.74) is 1.16. The van der Waals surface area contributed by atoms with Crippen LogP contribution in [0.3, 0.4) is 0 Å². The number of aliphatic imine (C=N–C) groups is 1. The number of hydrogen-bond donors (Lipinski definition) is 2. The number of fused-ring (bicyclic) bond motifs is 1. The Morgan fingerprint density at radius 1 is 1.24 bits per heavy atom. The molecule has 0 aromatic heterocycles. The average Bonchev–Trinajstić information content (AvgIpc) is 2.94. The molecule has 2 aliphatic rings. The molecule has 140 valence electrons. The first-order chi connectivity index (χ1) is 11.8. The van der Waals surface area contributed by atoms with Crippen molar-refractivity contribution < 1.29 is 9.47 Å². The lowest BCUT2D eigenvalue weighted by Crippen LogP contribution is -2.42. The molecule has 3 rings (SSSR count). The second kappa shape index (κ2) is 10.4. The van der Waals surface area contributed by atoms with E-state index in [1.807, 2.05) is 24.9 Å². The third-order valence-corrected chi connectivity index (χ3v) is 5.65. The molecule has 5 nitrogen and oxygen atoms in total. The zero-order valence-electron chi connectivity index (χ0n) is 14.9. The molecule has 1 heterocycles. The molecule has 1 aliphatic carbocycles. The van der Waals surface area contributed by atoms with Crippen LogP contribution in [0.15, 0.2) is 23.2 Å². The standard InChI is InChI=1S/C18H27N3O2S.HI/c1-19-18(21-14-5-6-15(11-14)24-2)20-12-13-4-7-16-17(10-13)23-9-3-8-22-16;/h4,7,10,14-15H,3,5-6,8-9,11-12H2,1-2H3,(H2,19,20,21);1H. The minimum atomic E-state index is 0. The van der Waals surface area contributed by atoms with E-state index in [2.05, 4.69) is 34.0 Å². The monoisotopic (exact) mass is 477 g/mol. The van der Waals surface area contributed by atoms with E-state index in [0.29, 0.717) is 12.6 Å². The molecule has 1 saturated carbocycles. The topological polar surface area (TPSA) is 54.9 Å². The van der Waals surface area contributed by atoms with Crippen molar-refractivity contribution >= 4 is 41.7 Å². The summed E-state index contributed by atoms with van der Waals surface area (Å²) in [6.45, 7) is 2.15. The highest BCUT2D eigenvalue weighted by Crippen LogP contribution is 2.30. The van der Waals surface area contributed by atoms with Crippen molar-refractivity contribution in [3.8, 4) is 11.5 Å². The number of benzene rings is 1. The highest BCUT2D eigenvalue weighted by atomic mass is 127. The highest BCUT2D eigenvalue weighted by molar-refractivity contribution is 14.0. The molecule has 1 aromatic carbocycles. The SMILES string of the molecule is CN=C(NCc1ccc2c(c1)OCCCO2)NC1CCC(SC)C1.I. The van der Waals surface area contributed by atoms with Crippen LogP contribution in [0.4, 0.5) is 0 Å². The Hall–Kier alpha value is -0.830. The lowest BCUT2D eigenvalue weighted by molar-refractivity contribution is 0.297. The van der Waals surface area contributed by atoms with Gasteiger partial charge in [-0.3, -0.25) is 4.99 Å². The lowest BCUT2D eigenvalue weighted by atomic mass is 10.2. The molecule has 1 aromatic rings. The van der Waals surface area contributed by atoms with E-state index in [1.54, 1.807) is 0 Å². The van der Waals surface area contributed by atoms with Gasteiger partial charge in [-0.2, -0.15) is 11.8 Å². The van der Waals surface area contributed by atoms with Crippen molar-refractivity contribution in [3.63, 3.8) is 0 Å². The average molecular weight is 477 g/mol. The summed E-state index contributed by atoms with van der Waals surface area (Å²) in [7, 11) is 1.82. The number of halogens is 1. The summed E-state index contributed by atoms with van der Waals surface area (Å²) in [6, 6.07) is 6.65. The van der Waals surface area contributed by atoms with Crippen LogP contribution in [-0.4, -0.2) is 43.8 Å². The summed E-state index contributed by atoms with van der Waals surface area (Å²) in [4.78, 5) is 4.35. The van der Waals surface area contributed by atoms with E-state index in [0.717, 1.165) is 47.8 Å². The Morgan fingerprint density at radius 2 is 2.04 bits per heavy atom. The van der Waals surface area contributed by atoms with Gasteiger partial charge in [-0.25, -0.2) is 0 Å². The Morgan fingerprint density at radius 3 is 2.76 bits per heavy atom. The van der Waals surface area contributed by atoms with E-state index >= 15 is 0 Å². The fourth-order valence-electron chi connectivity index (χ4n) is 3.18. The van der Waals surface area contributed by atoms with Gasteiger partial charge in [-0.15, -0.1) is 24.0 Å². The normalized spacial score (nSPS) is 22.7. The number of thioether (sulfide) groups is 1. The summed E-state index contributed by atoms with van der Waals surface area (Å²) < 4.78 is 11.4. The van der Waals surface area contributed by atoms with Gasteiger partial charge in [0.25, 0.3) is 0 Å². The van der Waals surface area contributed by atoms with Crippen LogP contribution in [0.1, 0.15) is 31.2 Å². The van der Waals surface area contributed by atoms with Gasteiger partial charge in [0.05, 0.1) is 13.2 Å². The first-order valence-electron chi connectivity index (χ1n) is 8.67. The minimum Gasteiger partial charge on any atom is -0.490 e. The maximum Gasteiger partial charge on any atom is 0.191 e. The van der Waals surface area contributed by atoms with Gasteiger partial charge in [0, 0.05) is 31.3 Å². The number of hydrogen-bond acceptors (Lipinski definition) is 4. The number of nitrogens with one attached hydrogen (secondary N) is 2. The molecular formula is C18H28IN3O2S. The predicted molar refractivity (Wildman–Crippen MR) is 116 cm³/mol. The molecular weight excluding hydrogens is 449 g/mol. The zero-order valence-corrected chi connectivity index (χ0v) is 18.1. The number of nitrogens with zero attached hydrogens (tertiary/aromatic N) is 1. The molecule has 1 aliphatic heterocycles. The van der Waals surface area contributed by atoms with Crippen LogP contribution in [0.5, 0.6) is 11.5 Å². The number of guanidine groups is 1. The molecule has 2 N–H and O–H groups in total. The molecule has 1 fully saturated rings. The molecule has 0 bridgehead atoms. The highest BCUT2D eigenvalue weighted by Gasteiger charge is 2.24. The van der Waals surface area contributed by atoms with E-state index in [9.17, 15) is 0 Å². The molecule has 7 heteroatoms. The minimum absolute atomic E-state index is 0. The van der Waals surface area contributed by atoms with Crippen molar-refractivity contribution in [1.29, 1.82) is 0 Å². The summed E-state index contributed by atoms with van der Waals surface area (Å²) in [5.74, 6) is 2.55.